The van der Waals surface area contributed by atoms with Gasteiger partial charge in [-0.1, -0.05) is 25.3 Å². The summed E-state index contributed by atoms with van der Waals surface area (Å²) in [6.45, 7) is 0. The molecule has 1 heterocycles. The highest BCUT2D eigenvalue weighted by Gasteiger charge is 2.47. The number of halogens is 1. The number of allylic oxidation sites excluding steroid dienone is 1. The first-order chi connectivity index (χ1) is 11.2. The summed E-state index contributed by atoms with van der Waals surface area (Å²) in [6.07, 6.45) is 14.9. The first-order valence-electron chi connectivity index (χ1n) is 9.02. The minimum atomic E-state index is 0.499. The number of rotatable bonds is 2. The summed E-state index contributed by atoms with van der Waals surface area (Å²) in [4.78, 5) is 16.5. The van der Waals surface area contributed by atoms with Gasteiger partial charge >= 0.3 is 0 Å². The zero-order valence-electron chi connectivity index (χ0n) is 13.5. The van der Waals surface area contributed by atoms with Crippen molar-refractivity contribution in [3.8, 4) is 0 Å². The maximum absolute atomic E-state index is 12.0. The monoisotopic (exact) mass is 373 g/mol. The van der Waals surface area contributed by atoms with Gasteiger partial charge in [0, 0.05) is 23.5 Å². The van der Waals surface area contributed by atoms with Gasteiger partial charge in [0.05, 0.1) is 5.69 Å². The molecule has 23 heavy (non-hydrogen) atoms. The second-order valence-electron chi connectivity index (χ2n) is 7.65. The van der Waals surface area contributed by atoms with Crippen LogP contribution in [0.3, 0.4) is 0 Å². The lowest BCUT2D eigenvalue weighted by Gasteiger charge is -2.46. The fourth-order valence-corrected chi connectivity index (χ4v) is 5.62. The van der Waals surface area contributed by atoms with Gasteiger partial charge in [-0.3, -0.25) is 9.78 Å². The molecule has 2 nitrogen and oxygen atoms in total. The number of carbonyl (C=O) groups excluding carboxylic acids is 1. The molecule has 4 rings (SSSR count). The number of Topliss-reactive ketones (excluding diaryl/α,β-unsaturated/α-hetero) is 1. The van der Waals surface area contributed by atoms with Crippen LogP contribution in [0.25, 0.3) is 6.08 Å². The largest absolute Gasteiger partial charge is 0.300 e. The summed E-state index contributed by atoms with van der Waals surface area (Å²) in [7, 11) is 0. The van der Waals surface area contributed by atoms with Crippen LogP contribution >= 0.6 is 15.9 Å². The van der Waals surface area contributed by atoms with E-state index in [1.165, 1.54) is 32.1 Å². The van der Waals surface area contributed by atoms with Gasteiger partial charge in [0.2, 0.25) is 0 Å². The fraction of sp³-hybridized carbons (Fsp3) is 0.600. The summed E-state index contributed by atoms with van der Waals surface area (Å²) in [5.41, 5.74) is 1.02. The summed E-state index contributed by atoms with van der Waals surface area (Å²) >= 11 is 3.44. The molecule has 0 spiro atoms. The SMILES string of the molecule is O=C1C[C@H]2C[C@@H]3CCCC[C@H]3[C@H](/C=C/c3ccc(Br)cn3)[C@H]2C1. The number of ketones is 1. The second-order valence-corrected chi connectivity index (χ2v) is 8.57. The third-order valence-electron chi connectivity index (χ3n) is 6.36. The average molecular weight is 374 g/mol. The standard InChI is InChI=1S/C20H24BrNO/c21-15-5-6-16(22-12-15)7-8-19-18-4-2-1-3-13(18)9-14-10-17(23)11-20(14)19/h5-8,12-14,18-20H,1-4,9-11H2/b8-7+/t13-,14+,18+,19-,20-/m0/s1. The Morgan fingerprint density at radius 1 is 1.09 bits per heavy atom. The van der Waals surface area contributed by atoms with Gasteiger partial charge in [0.15, 0.2) is 0 Å². The highest BCUT2D eigenvalue weighted by molar-refractivity contribution is 9.10. The van der Waals surface area contributed by atoms with Crippen molar-refractivity contribution in [3.05, 3.63) is 34.6 Å². The van der Waals surface area contributed by atoms with Crippen LogP contribution in [0.5, 0.6) is 0 Å². The maximum atomic E-state index is 12.0. The molecule has 3 heteroatoms. The molecule has 0 aromatic carbocycles. The van der Waals surface area contributed by atoms with E-state index < -0.39 is 0 Å². The maximum Gasteiger partial charge on any atom is 0.133 e. The quantitative estimate of drug-likeness (QED) is 0.705. The Morgan fingerprint density at radius 2 is 1.96 bits per heavy atom. The molecule has 122 valence electrons. The summed E-state index contributed by atoms with van der Waals surface area (Å²) in [6, 6.07) is 4.10. The number of nitrogens with zero attached hydrogens (tertiary/aromatic N) is 1. The van der Waals surface area contributed by atoms with E-state index in [1.807, 2.05) is 12.3 Å². The zero-order chi connectivity index (χ0) is 15.8. The number of hydrogen-bond donors (Lipinski definition) is 0. The van der Waals surface area contributed by atoms with E-state index in [9.17, 15) is 4.79 Å². The van der Waals surface area contributed by atoms with E-state index in [0.717, 1.165) is 34.8 Å². The number of fused-ring (bicyclic) bond motifs is 2. The smallest absolute Gasteiger partial charge is 0.133 e. The minimum Gasteiger partial charge on any atom is -0.300 e. The Balaban J connectivity index is 1.59. The molecule has 0 saturated heterocycles. The van der Waals surface area contributed by atoms with E-state index in [-0.39, 0.29) is 0 Å². The molecule has 1 aromatic rings. The van der Waals surface area contributed by atoms with Crippen LogP contribution in [0.2, 0.25) is 0 Å². The molecule has 1 aromatic heterocycles. The number of aromatic nitrogens is 1. The molecule has 0 bridgehead atoms. The first-order valence-corrected chi connectivity index (χ1v) is 9.81. The Labute approximate surface area is 146 Å². The topological polar surface area (TPSA) is 30.0 Å². The lowest BCUT2D eigenvalue weighted by Crippen LogP contribution is -2.38. The molecule has 3 aliphatic carbocycles. The molecule has 0 unspecified atom stereocenters. The van der Waals surface area contributed by atoms with Gasteiger partial charge in [0.1, 0.15) is 5.78 Å². The van der Waals surface area contributed by atoms with E-state index in [0.29, 0.717) is 23.5 Å². The Bertz CT molecular complexity index is 609. The van der Waals surface area contributed by atoms with Crippen molar-refractivity contribution in [1.82, 2.24) is 4.98 Å². The van der Waals surface area contributed by atoms with Gasteiger partial charge in [-0.2, -0.15) is 0 Å². The Hall–Kier alpha value is -0.960. The van der Waals surface area contributed by atoms with Crippen LogP contribution in [-0.2, 0) is 4.79 Å². The normalized spacial score (nSPS) is 36.9. The highest BCUT2D eigenvalue weighted by atomic mass is 79.9. The van der Waals surface area contributed by atoms with Crippen LogP contribution in [0.4, 0.5) is 0 Å². The van der Waals surface area contributed by atoms with E-state index >= 15 is 0 Å². The predicted molar refractivity (Wildman–Crippen MR) is 95.7 cm³/mol. The molecule has 0 radical (unpaired) electrons. The Morgan fingerprint density at radius 3 is 2.78 bits per heavy atom. The number of pyridine rings is 1. The molecule has 0 amide bonds. The van der Waals surface area contributed by atoms with Gasteiger partial charge in [0.25, 0.3) is 0 Å². The van der Waals surface area contributed by atoms with Crippen molar-refractivity contribution < 1.29 is 4.79 Å². The molecular formula is C20H24BrNO. The van der Waals surface area contributed by atoms with Gasteiger partial charge in [-0.25, -0.2) is 0 Å². The molecular weight excluding hydrogens is 350 g/mol. The van der Waals surface area contributed by atoms with Crippen molar-refractivity contribution in [2.75, 3.05) is 0 Å². The minimum absolute atomic E-state index is 0.499. The van der Waals surface area contributed by atoms with Crippen molar-refractivity contribution in [1.29, 1.82) is 0 Å². The summed E-state index contributed by atoms with van der Waals surface area (Å²) < 4.78 is 1.01. The van der Waals surface area contributed by atoms with Crippen molar-refractivity contribution >= 4 is 27.8 Å². The van der Waals surface area contributed by atoms with Gasteiger partial charge in [-0.15, -0.1) is 0 Å². The third-order valence-corrected chi connectivity index (χ3v) is 6.83. The van der Waals surface area contributed by atoms with Crippen molar-refractivity contribution in [2.24, 2.45) is 29.6 Å². The van der Waals surface area contributed by atoms with Crippen LogP contribution < -0.4 is 0 Å². The van der Waals surface area contributed by atoms with E-state index in [1.54, 1.807) is 0 Å². The fourth-order valence-electron chi connectivity index (χ4n) is 5.39. The summed E-state index contributed by atoms with van der Waals surface area (Å²) in [5, 5.41) is 0. The second kappa shape index (κ2) is 6.51. The van der Waals surface area contributed by atoms with Gasteiger partial charge < -0.3 is 0 Å². The zero-order valence-corrected chi connectivity index (χ0v) is 15.0. The van der Waals surface area contributed by atoms with E-state index in [2.05, 4.69) is 39.1 Å². The Kier molecular flexibility index (Phi) is 4.40. The van der Waals surface area contributed by atoms with Crippen LogP contribution in [-0.4, -0.2) is 10.8 Å². The van der Waals surface area contributed by atoms with E-state index in [4.69, 9.17) is 0 Å². The molecule has 3 fully saturated rings. The predicted octanol–water partition coefficient (Wildman–Crippen LogP) is 5.28. The molecule has 0 aliphatic heterocycles. The van der Waals surface area contributed by atoms with Crippen LogP contribution in [0, 0.1) is 29.6 Å². The summed E-state index contributed by atoms with van der Waals surface area (Å²) in [5.74, 6) is 3.96. The molecule has 5 atom stereocenters. The highest BCUT2D eigenvalue weighted by Crippen LogP contribution is 2.53. The first kappa shape index (κ1) is 15.6. The molecule has 0 N–H and O–H groups in total. The average Bonchev–Trinajstić information content (AvgIpc) is 2.93. The number of carbonyl (C=O) groups is 1. The lowest BCUT2D eigenvalue weighted by molar-refractivity contribution is -0.117. The van der Waals surface area contributed by atoms with Crippen molar-refractivity contribution in [3.63, 3.8) is 0 Å². The lowest BCUT2D eigenvalue weighted by atomic mass is 9.58. The van der Waals surface area contributed by atoms with Crippen LogP contribution in [0.15, 0.2) is 28.9 Å². The van der Waals surface area contributed by atoms with Gasteiger partial charge in [-0.05, 0) is 76.6 Å². The third kappa shape index (κ3) is 3.17. The molecule has 3 saturated carbocycles. The molecule has 3 aliphatic rings. The number of hydrogen-bond acceptors (Lipinski definition) is 2. The van der Waals surface area contributed by atoms with Crippen molar-refractivity contribution in [2.45, 2.75) is 44.9 Å². The van der Waals surface area contributed by atoms with Crippen LogP contribution in [0.1, 0.15) is 50.6 Å².